The van der Waals surface area contributed by atoms with Crippen LogP contribution in [-0.2, 0) is 6.42 Å². The predicted octanol–water partition coefficient (Wildman–Crippen LogP) is 1.84. The first-order valence-electron chi connectivity index (χ1n) is 6.66. The lowest BCUT2D eigenvalue weighted by Gasteiger charge is -2.27. The number of rotatable bonds is 6. The van der Waals surface area contributed by atoms with Crippen molar-refractivity contribution < 1.29 is 0 Å². The highest BCUT2D eigenvalue weighted by Gasteiger charge is 2.25. The first-order chi connectivity index (χ1) is 9.18. The minimum absolute atomic E-state index is 0.163. The van der Waals surface area contributed by atoms with E-state index in [1.807, 2.05) is 42.1 Å². The minimum Gasteiger partial charge on any atom is -0.319 e. The first-order valence-corrected chi connectivity index (χ1v) is 6.66. The summed E-state index contributed by atoms with van der Waals surface area (Å²) in [6.45, 7) is 5.41. The first kappa shape index (κ1) is 13.7. The summed E-state index contributed by atoms with van der Waals surface area (Å²) >= 11 is 0. The topological polar surface area (TPSA) is 55.6 Å². The number of nitrogens with one attached hydrogen (secondary N) is 1. The van der Waals surface area contributed by atoms with Crippen molar-refractivity contribution in [3.05, 3.63) is 36.2 Å². The van der Waals surface area contributed by atoms with Crippen LogP contribution in [0.4, 0.5) is 0 Å². The van der Waals surface area contributed by atoms with Crippen molar-refractivity contribution in [2.45, 2.75) is 26.7 Å². The van der Waals surface area contributed by atoms with Crippen molar-refractivity contribution in [2.24, 2.45) is 5.41 Å². The van der Waals surface area contributed by atoms with Crippen LogP contribution in [0.25, 0.3) is 5.69 Å². The Morgan fingerprint density at radius 2 is 2.00 bits per heavy atom. The molecule has 0 amide bonds. The predicted molar refractivity (Wildman–Crippen MR) is 75.2 cm³/mol. The van der Waals surface area contributed by atoms with Gasteiger partial charge in [0.2, 0.25) is 0 Å². The normalized spacial score (nSPS) is 14.3. The van der Waals surface area contributed by atoms with E-state index in [4.69, 9.17) is 0 Å². The molecule has 0 radical (unpaired) electrons. The van der Waals surface area contributed by atoms with Gasteiger partial charge in [0.05, 0.1) is 5.69 Å². The zero-order valence-electron chi connectivity index (χ0n) is 11.8. The lowest BCUT2D eigenvalue weighted by molar-refractivity contribution is 0.290. The summed E-state index contributed by atoms with van der Waals surface area (Å²) in [6.07, 6.45) is 1.93. The Morgan fingerprint density at radius 1 is 1.26 bits per heavy atom. The Balaban J connectivity index is 2.25. The Hall–Kier alpha value is -1.75. The van der Waals surface area contributed by atoms with Gasteiger partial charge in [0.15, 0.2) is 5.82 Å². The summed E-state index contributed by atoms with van der Waals surface area (Å²) in [7, 11) is 1.98. The van der Waals surface area contributed by atoms with E-state index in [1.54, 1.807) is 0 Å². The molecule has 1 aromatic heterocycles. The molecule has 2 aromatic rings. The molecule has 1 aromatic carbocycles. The molecule has 0 aliphatic carbocycles. The summed E-state index contributed by atoms with van der Waals surface area (Å²) in [5.74, 6) is 0.908. The van der Waals surface area contributed by atoms with Gasteiger partial charge in [-0.1, -0.05) is 32.0 Å². The second-order valence-corrected chi connectivity index (χ2v) is 5.21. The molecule has 0 aliphatic rings. The monoisotopic (exact) mass is 259 g/mol. The van der Waals surface area contributed by atoms with Crippen molar-refractivity contribution in [1.29, 1.82) is 0 Å². The van der Waals surface area contributed by atoms with Gasteiger partial charge in [0.25, 0.3) is 0 Å². The van der Waals surface area contributed by atoms with Gasteiger partial charge >= 0.3 is 0 Å². The van der Waals surface area contributed by atoms with Gasteiger partial charge in [-0.2, -0.15) is 4.68 Å². The number of tetrazole rings is 1. The summed E-state index contributed by atoms with van der Waals surface area (Å²) in [4.78, 5) is 0. The van der Waals surface area contributed by atoms with Gasteiger partial charge in [0, 0.05) is 13.0 Å². The smallest absolute Gasteiger partial charge is 0.157 e. The number of nitrogens with zero attached hydrogens (tertiary/aromatic N) is 4. The van der Waals surface area contributed by atoms with Crippen molar-refractivity contribution in [3.63, 3.8) is 0 Å². The van der Waals surface area contributed by atoms with Gasteiger partial charge in [-0.3, -0.25) is 0 Å². The molecule has 0 bridgehead atoms. The van der Waals surface area contributed by atoms with E-state index >= 15 is 0 Å². The molecule has 0 saturated carbocycles. The molecular formula is C14H21N5. The zero-order valence-corrected chi connectivity index (χ0v) is 11.8. The van der Waals surface area contributed by atoms with Crippen LogP contribution in [0.3, 0.4) is 0 Å². The molecule has 1 unspecified atom stereocenters. The highest BCUT2D eigenvalue weighted by molar-refractivity contribution is 5.30. The van der Waals surface area contributed by atoms with Gasteiger partial charge in [-0.15, -0.1) is 5.10 Å². The molecule has 19 heavy (non-hydrogen) atoms. The fourth-order valence-corrected chi connectivity index (χ4v) is 2.21. The highest BCUT2D eigenvalue weighted by atomic mass is 15.5. The number of para-hydroxylation sites is 1. The third-order valence-corrected chi connectivity index (χ3v) is 3.58. The maximum Gasteiger partial charge on any atom is 0.157 e. The standard InChI is InChI=1S/C14H21N5/c1-4-14(2,11-15-3)10-13-16-17-18-19(13)12-8-6-5-7-9-12/h5-9,15H,4,10-11H2,1-3H3. The van der Waals surface area contributed by atoms with E-state index in [2.05, 4.69) is 34.7 Å². The SMILES string of the molecule is CCC(C)(CNC)Cc1nnnn1-c1ccccc1. The summed E-state index contributed by atoms with van der Waals surface area (Å²) in [6, 6.07) is 10.0. The van der Waals surface area contributed by atoms with Crippen molar-refractivity contribution in [1.82, 2.24) is 25.5 Å². The molecule has 1 heterocycles. The number of aromatic nitrogens is 4. The second kappa shape index (κ2) is 5.93. The maximum atomic E-state index is 4.18. The maximum absolute atomic E-state index is 4.18. The molecule has 0 saturated heterocycles. The van der Waals surface area contributed by atoms with Crippen LogP contribution in [0.1, 0.15) is 26.1 Å². The Kier molecular flexibility index (Phi) is 4.27. The Bertz CT molecular complexity index is 508. The Labute approximate surface area is 114 Å². The number of hydrogen-bond acceptors (Lipinski definition) is 4. The lowest BCUT2D eigenvalue weighted by Crippen LogP contribution is -2.32. The molecule has 0 aliphatic heterocycles. The van der Waals surface area contributed by atoms with Crippen LogP contribution in [-0.4, -0.2) is 33.8 Å². The van der Waals surface area contributed by atoms with E-state index in [0.717, 1.165) is 30.9 Å². The van der Waals surface area contributed by atoms with E-state index < -0.39 is 0 Å². The van der Waals surface area contributed by atoms with Crippen molar-refractivity contribution in [2.75, 3.05) is 13.6 Å². The van der Waals surface area contributed by atoms with E-state index in [9.17, 15) is 0 Å². The average molecular weight is 259 g/mol. The Morgan fingerprint density at radius 3 is 2.63 bits per heavy atom. The molecular weight excluding hydrogens is 238 g/mol. The van der Waals surface area contributed by atoms with E-state index in [1.165, 1.54) is 0 Å². The molecule has 1 N–H and O–H groups in total. The zero-order chi connectivity index (χ0) is 13.7. The van der Waals surface area contributed by atoms with E-state index in [0.29, 0.717) is 0 Å². The molecule has 1 atom stereocenters. The molecule has 0 spiro atoms. The number of hydrogen-bond donors (Lipinski definition) is 1. The largest absolute Gasteiger partial charge is 0.319 e. The second-order valence-electron chi connectivity index (χ2n) is 5.21. The van der Waals surface area contributed by atoms with Crippen LogP contribution >= 0.6 is 0 Å². The molecule has 102 valence electrons. The summed E-state index contributed by atoms with van der Waals surface area (Å²) < 4.78 is 1.82. The summed E-state index contributed by atoms with van der Waals surface area (Å²) in [5.41, 5.74) is 1.17. The molecule has 5 nitrogen and oxygen atoms in total. The van der Waals surface area contributed by atoms with Crippen LogP contribution in [0.2, 0.25) is 0 Å². The van der Waals surface area contributed by atoms with Crippen LogP contribution in [0.15, 0.2) is 30.3 Å². The van der Waals surface area contributed by atoms with Gasteiger partial charge < -0.3 is 5.32 Å². The molecule has 0 fully saturated rings. The third-order valence-electron chi connectivity index (χ3n) is 3.58. The fraction of sp³-hybridized carbons (Fsp3) is 0.500. The quantitative estimate of drug-likeness (QED) is 0.860. The van der Waals surface area contributed by atoms with Gasteiger partial charge in [0.1, 0.15) is 0 Å². The highest BCUT2D eigenvalue weighted by Crippen LogP contribution is 2.25. The van der Waals surface area contributed by atoms with Crippen LogP contribution < -0.4 is 5.32 Å². The van der Waals surface area contributed by atoms with Crippen molar-refractivity contribution >= 4 is 0 Å². The molecule has 5 heteroatoms. The van der Waals surface area contributed by atoms with Crippen molar-refractivity contribution in [3.8, 4) is 5.69 Å². The van der Waals surface area contributed by atoms with Crippen LogP contribution in [0.5, 0.6) is 0 Å². The van der Waals surface area contributed by atoms with Gasteiger partial charge in [-0.05, 0) is 41.4 Å². The van der Waals surface area contributed by atoms with E-state index in [-0.39, 0.29) is 5.41 Å². The number of benzene rings is 1. The summed E-state index contributed by atoms with van der Waals surface area (Å²) in [5, 5.41) is 15.4. The molecule has 2 rings (SSSR count). The third kappa shape index (κ3) is 3.17. The fourth-order valence-electron chi connectivity index (χ4n) is 2.21. The van der Waals surface area contributed by atoms with Crippen LogP contribution in [0, 0.1) is 5.41 Å². The minimum atomic E-state index is 0.163. The lowest BCUT2D eigenvalue weighted by atomic mass is 9.83. The average Bonchev–Trinajstić information content (AvgIpc) is 2.88. The van der Waals surface area contributed by atoms with Gasteiger partial charge in [-0.25, -0.2) is 0 Å².